The van der Waals surface area contributed by atoms with Gasteiger partial charge in [0.05, 0.1) is 10.8 Å². The summed E-state index contributed by atoms with van der Waals surface area (Å²) in [6, 6.07) is 74.5. The Hall–Kier alpha value is -6.47. The van der Waals surface area contributed by atoms with Gasteiger partial charge in [-0.25, -0.2) is 0 Å². The fraction of sp³-hybridized carbons (Fsp3) is 0.0370. The van der Waals surface area contributed by atoms with Crippen molar-refractivity contribution >= 4 is 22.4 Å². The second-order valence-electron chi connectivity index (χ2n) is 15.2. The highest BCUT2D eigenvalue weighted by Crippen LogP contribution is 2.66. The molecule has 0 bridgehead atoms. The molecule has 3 aliphatic rings. The summed E-state index contributed by atoms with van der Waals surface area (Å²) in [6.45, 7) is 0. The minimum atomic E-state index is -0.557. The van der Waals surface area contributed by atoms with E-state index in [1.54, 1.807) is 0 Å². The first-order chi connectivity index (χ1) is 27.2. The van der Waals surface area contributed by atoms with Crippen molar-refractivity contribution in [1.29, 1.82) is 0 Å². The lowest BCUT2D eigenvalue weighted by Gasteiger charge is -2.34. The van der Waals surface area contributed by atoms with Crippen LogP contribution in [0.25, 0.3) is 55.3 Å². The van der Waals surface area contributed by atoms with Crippen molar-refractivity contribution in [3.05, 3.63) is 250 Å². The fourth-order valence-corrected chi connectivity index (χ4v) is 11.0. The van der Waals surface area contributed by atoms with Gasteiger partial charge in [-0.1, -0.05) is 194 Å². The van der Waals surface area contributed by atoms with Gasteiger partial charge in [-0.05, 0) is 118 Å². The molecule has 0 amide bonds. The molecule has 0 aliphatic heterocycles. The third kappa shape index (κ3) is 3.87. The van der Waals surface area contributed by atoms with Gasteiger partial charge in [0.25, 0.3) is 0 Å². The van der Waals surface area contributed by atoms with Gasteiger partial charge in [0.1, 0.15) is 0 Å². The molecule has 1 spiro atoms. The number of benzene rings is 9. The Morgan fingerprint density at radius 3 is 1.65 bits per heavy atom. The minimum absolute atomic E-state index is 0.482. The van der Waals surface area contributed by atoms with E-state index in [1.807, 2.05) is 6.07 Å². The van der Waals surface area contributed by atoms with Crippen molar-refractivity contribution in [2.24, 2.45) is 0 Å². The topological polar surface area (TPSA) is 0 Å². The number of halogens is 1. The van der Waals surface area contributed by atoms with E-state index in [9.17, 15) is 0 Å². The van der Waals surface area contributed by atoms with Crippen molar-refractivity contribution in [3.8, 4) is 44.5 Å². The van der Waals surface area contributed by atoms with Crippen molar-refractivity contribution in [2.45, 2.75) is 10.8 Å². The molecule has 0 saturated heterocycles. The molecule has 55 heavy (non-hydrogen) atoms. The van der Waals surface area contributed by atoms with E-state index in [0.717, 1.165) is 5.02 Å². The van der Waals surface area contributed by atoms with E-state index in [2.05, 4.69) is 194 Å². The number of hydrogen-bond donors (Lipinski definition) is 0. The second kappa shape index (κ2) is 11.3. The normalized spacial score (nSPS) is 16.3. The molecule has 0 heterocycles. The van der Waals surface area contributed by atoms with Crippen LogP contribution >= 0.6 is 11.6 Å². The first-order valence-electron chi connectivity index (χ1n) is 19.1. The standard InChI is InChI=1S/C54H33Cl/c55-38-28-30-43-42-29-26-35(32-49(42)53(50(43)33-38,36-15-3-1-4-16-36)37-17-5-2-6-18-37)40-22-13-23-44-41-20-9-11-24-46(41)54(52(40)44)47-25-12-10-21-45(47)51-39-19-8-7-14-34(39)27-31-48(51)54/h1-33H. The maximum atomic E-state index is 6.89. The highest BCUT2D eigenvalue weighted by Gasteiger charge is 2.53. The summed E-state index contributed by atoms with van der Waals surface area (Å²) in [6.07, 6.45) is 0. The van der Waals surface area contributed by atoms with Crippen LogP contribution in [0, 0.1) is 0 Å². The van der Waals surface area contributed by atoms with Gasteiger partial charge in [-0.2, -0.15) is 0 Å². The lowest BCUT2D eigenvalue weighted by atomic mass is 9.66. The Balaban J connectivity index is 1.20. The van der Waals surface area contributed by atoms with Gasteiger partial charge in [-0.3, -0.25) is 0 Å². The van der Waals surface area contributed by atoms with Crippen LogP contribution in [0.4, 0.5) is 0 Å². The summed E-state index contributed by atoms with van der Waals surface area (Å²) in [4.78, 5) is 0. The molecule has 9 aromatic carbocycles. The molecule has 0 aromatic heterocycles. The van der Waals surface area contributed by atoms with Crippen molar-refractivity contribution in [2.75, 3.05) is 0 Å². The van der Waals surface area contributed by atoms with Crippen LogP contribution in [-0.2, 0) is 10.8 Å². The lowest BCUT2D eigenvalue weighted by molar-refractivity contribution is 0.768. The molecule has 0 nitrogen and oxygen atoms in total. The number of hydrogen-bond acceptors (Lipinski definition) is 0. The Morgan fingerprint density at radius 1 is 0.327 bits per heavy atom. The van der Waals surface area contributed by atoms with E-state index in [-0.39, 0.29) is 0 Å². The largest absolute Gasteiger partial charge is 0.0843 e. The summed E-state index contributed by atoms with van der Waals surface area (Å²) < 4.78 is 0. The zero-order valence-corrected chi connectivity index (χ0v) is 30.7. The van der Waals surface area contributed by atoms with Crippen molar-refractivity contribution < 1.29 is 0 Å². The molecule has 1 atom stereocenters. The summed E-state index contributed by atoms with van der Waals surface area (Å²) >= 11 is 6.89. The lowest BCUT2D eigenvalue weighted by Crippen LogP contribution is -2.28. The first kappa shape index (κ1) is 30.9. The Morgan fingerprint density at radius 2 is 0.891 bits per heavy atom. The van der Waals surface area contributed by atoms with Gasteiger partial charge in [0, 0.05) is 5.02 Å². The van der Waals surface area contributed by atoms with Gasteiger partial charge in [0.15, 0.2) is 0 Å². The second-order valence-corrected chi connectivity index (χ2v) is 15.6. The third-order valence-electron chi connectivity index (χ3n) is 12.8. The fourth-order valence-electron chi connectivity index (χ4n) is 10.8. The van der Waals surface area contributed by atoms with Crippen LogP contribution in [0.3, 0.4) is 0 Å². The molecule has 1 heteroatoms. The molecule has 9 aromatic rings. The Kier molecular flexibility index (Phi) is 6.34. The number of fused-ring (bicyclic) bond motifs is 15. The van der Waals surface area contributed by atoms with E-state index in [1.165, 1.54) is 99.8 Å². The molecule has 0 saturated carbocycles. The highest BCUT2D eigenvalue weighted by atomic mass is 35.5. The average molecular weight is 717 g/mol. The minimum Gasteiger partial charge on any atom is -0.0843 e. The maximum Gasteiger partial charge on any atom is 0.0731 e. The molecular formula is C54H33Cl. The summed E-state index contributed by atoms with van der Waals surface area (Å²) in [5, 5.41) is 3.32. The van der Waals surface area contributed by atoms with Gasteiger partial charge < -0.3 is 0 Å². The van der Waals surface area contributed by atoms with E-state index in [0.29, 0.717) is 0 Å². The average Bonchev–Trinajstić information content (AvgIpc) is 3.84. The molecule has 0 fully saturated rings. The van der Waals surface area contributed by atoms with E-state index >= 15 is 0 Å². The predicted molar refractivity (Wildman–Crippen MR) is 228 cm³/mol. The molecular weight excluding hydrogens is 684 g/mol. The van der Waals surface area contributed by atoms with Crippen LogP contribution in [0.15, 0.2) is 200 Å². The van der Waals surface area contributed by atoms with Gasteiger partial charge in [-0.15, -0.1) is 0 Å². The molecule has 0 radical (unpaired) electrons. The van der Waals surface area contributed by atoms with Crippen molar-refractivity contribution in [1.82, 2.24) is 0 Å². The predicted octanol–water partition coefficient (Wildman–Crippen LogP) is 13.9. The zero-order valence-electron chi connectivity index (χ0n) is 29.9. The third-order valence-corrected chi connectivity index (χ3v) is 13.1. The molecule has 1 unspecified atom stereocenters. The zero-order chi connectivity index (χ0) is 36.3. The maximum absolute atomic E-state index is 6.89. The van der Waals surface area contributed by atoms with Crippen LogP contribution in [0.5, 0.6) is 0 Å². The van der Waals surface area contributed by atoms with Gasteiger partial charge in [0.2, 0.25) is 0 Å². The monoisotopic (exact) mass is 716 g/mol. The smallest absolute Gasteiger partial charge is 0.0731 e. The van der Waals surface area contributed by atoms with Crippen LogP contribution in [-0.4, -0.2) is 0 Å². The molecule has 12 rings (SSSR count). The number of rotatable bonds is 3. The van der Waals surface area contributed by atoms with E-state index in [4.69, 9.17) is 11.6 Å². The Bertz CT molecular complexity index is 3010. The van der Waals surface area contributed by atoms with Crippen LogP contribution < -0.4 is 0 Å². The molecule has 0 N–H and O–H groups in total. The van der Waals surface area contributed by atoms with Crippen molar-refractivity contribution in [3.63, 3.8) is 0 Å². The quantitative estimate of drug-likeness (QED) is 0.171. The SMILES string of the molecule is Clc1ccc2c(c1)C(c1ccccc1)(c1ccccc1)c1cc(-c3cccc4c3C3(c5ccccc5-4)c4ccccc4-c4c3ccc3ccccc43)ccc1-2. The van der Waals surface area contributed by atoms with Crippen LogP contribution in [0.1, 0.15) is 44.5 Å². The van der Waals surface area contributed by atoms with Crippen LogP contribution in [0.2, 0.25) is 5.02 Å². The Labute approximate surface area is 326 Å². The molecule has 3 aliphatic carbocycles. The highest BCUT2D eigenvalue weighted by molar-refractivity contribution is 6.30. The molecule has 256 valence electrons. The summed E-state index contributed by atoms with van der Waals surface area (Å²) in [5.41, 5.74) is 19.6. The summed E-state index contributed by atoms with van der Waals surface area (Å²) in [7, 11) is 0. The van der Waals surface area contributed by atoms with E-state index < -0.39 is 10.8 Å². The summed E-state index contributed by atoms with van der Waals surface area (Å²) in [5.74, 6) is 0. The first-order valence-corrected chi connectivity index (χ1v) is 19.5. The van der Waals surface area contributed by atoms with Gasteiger partial charge >= 0.3 is 0 Å².